The number of rotatable bonds is 7. The first-order valence-corrected chi connectivity index (χ1v) is 4.65. The molecule has 14 heavy (non-hydrogen) atoms. The molecule has 1 N–H and O–H groups in total. The van der Waals surface area contributed by atoms with Crippen LogP contribution in [0.4, 0.5) is 5.82 Å². The first-order valence-electron chi connectivity index (χ1n) is 4.65. The van der Waals surface area contributed by atoms with E-state index in [-0.39, 0.29) is 0 Å². The van der Waals surface area contributed by atoms with Crippen LogP contribution in [0.5, 0.6) is 0 Å². The fourth-order valence-corrected chi connectivity index (χ4v) is 0.963. The lowest BCUT2D eigenvalue weighted by Gasteiger charge is -2.05. The van der Waals surface area contributed by atoms with Gasteiger partial charge in [-0.15, -0.1) is 0 Å². The zero-order valence-electron chi connectivity index (χ0n) is 8.40. The van der Waals surface area contributed by atoms with Gasteiger partial charge in [0.25, 0.3) is 0 Å². The van der Waals surface area contributed by atoms with E-state index in [9.17, 15) is 0 Å². The van der Waals surface area contributed by atoms with Gasteiger partial charge in [-0.1, -0.05) is 6.07 Å². The predicted molar refractivity (Wildman–Crippen MR) is 55.4 cm³/mol. The Hall–Kier alpha value is -1.13. The minimum Gasteiger partial charge on any atom is -0.382 e. The Labute approximate surface area is 84.3 Å². The van der Waals surface area contributed by atoms with Gasteiger partial charge in [0.2, 0.25) is 0 Å². The Morgan fingerprint density at radius 3 is 2.93 bits per heavy atom. The number of hydrogen-bond acceptors (Lipinski definition) is 4. The molecule has 0 saturated carbocycles. The number of nitrogens with one attached hydrogen (secondary N) is 1. The second-order valence-corrected chi connectivity index (χ2v) is 2.75. The maximum absolute atomic E-state index is 5.28. The van der Waals surface area contributed by atoms with Crippen molar-refractivity contribution in [2.75, 3.05) is 38.8 Å². The quantitative estimate of drug-likeness (QED) is 0.664. The van der Waals surface area contributed by atoms with Gasteiger partial charge in [0.05, 0.1) is 19.8 Å². The van der Waals surface area contributed by atoms with Gasteiger partial charge < -0.3 is 14.8 Å². The van der Waals surface area contributed by atoms with Crippen LogP contribution in [0.2, 0.25) is 0 Å². The molecule has 1 aromatic rings. The van der Waals surface area contributed by atoms with E-state index >= 15 is 0 Å². The average molecular weight is 196 g/mol. The second-order valence-electron chi connectivity index (χ2n) is 2.75. The number of hydrogen-bond donors (Lipinski definition) is 1. The van der Waals surface area contributed by atoms with Gasteiger partial charge in [0, 0.05) is 19.9 Å². The lowest BCUT2D eigenvalue weighted by molar-refractivity contribution is 0.0759. The van der Waals surface area contributed by atoms with Crippen molar-refractivity contribution in [3.63, 3.8) is 0 Å². The summed E-state index contributed by atoms with van der Waals surface area (Å²) in [5, 5.41) is 3.14. The van der Waals surface area contributed by atoms with Crippen LogP contribution in [0.1, 0.15) is 0 Å². The molecule has 0 saturated heterocycles. The molecule has 0 aromatic carbocycles. The number of methoxy groups -OCH3 is 1. The molecule has 0 bridgehead atoms. The predicted octanol–water partition coefficient (Wildman–Crippen LogP) is 1.16. The fourth-order valence-electron chi connectivity index (χ4n) is 0.963. The van der Waals surface area contributed by atoms with Gasteiger partial charge in [0.15, 0.2) is 0 Å². The molecule has 1 rings (SSSR count). The van der Waals surface area contributed by atoms with E-state index in [1.165, 1.54) is 0 Å². The van der Waals surface area contributed by atoms with Gasteiger partial charge in [-0.25, -0.2) is 4.98 Å². The molecule has 0 aliphatic heterocycles. The molecule has 1 aromatic heterocycles. The molecule has 1 heterocycles. The molecule has 0 amide bonds. The molecule has 0 spiro atoms. The number of pyridine rings is 1. The van der Waals surface area contributed by atoms with Gasteiger partial charge in [-0.05, 0) is 12.1 Å². The smallest absolute Gasteiger partial charge is 0.125 e. The van der Waals surface area contributed by atoms with Crippen molar-refractivity contribution in [1.29, 1.82) is 0 Å². The van der Waals surface area contributed by atoms with Crippen LogP contribution in [0, 0.1) is 0 Å². The summed E-state index contributed by atoms with van der Waals surface area (Å²) < 4.78 is 10.1. The highest BCUT2D eigenvalue weighted by Gasteiger charge is 1.90. The maximum atomic E-state index is 5.28. The van der Waals surface area contributed by atoms with E-state index in [1.807, 2.05) is 18.2 Å². The Morgan fingerprint density at radius 1 is 1.29 bits per heavy atom. The lowest BCUT2D eigenvalue weighted by atomic mass is 10.4. The molecule has 0 fully saturated rings. The van der Waals surface area contributed by atoms with Gasteiger partial charge in [0.1, 0.15) is 5.82 Å². The summed E-state index contributed by atoms with van der Waals surface area (Å²) in [4.78, 5) is 4.12. The van der Waals surface area contributed by atoms with E-state index in [2.05, 4.69) is 10.3 Å². The molecule has 0 atom stereocenters. The summed E-state index contributed by atoms with van der Waals surface area (Å²) in [6.45, 7) is 2.71. The lowest BCUT2D eigenvalue weighted by Crippen LogP contribution is -2.12. The van der Waals surface area contributed by atoms with Crippen molar-refractivity contribution in [3.05, 3.63) is 24.4 Å². The van der Waals surface area contributed by atoms with Crippen LogP contribution in [0.15, 0.2) is 24.4 Å². The number of nitrogens with zero attached hydrogens (tertiary/aromatic N) is 1. The largest absolute Gasteiger partial charge is 0.382 e. The Kier molecular flexibility index (Phi) is 5.70. The molecule has 0 aliphatic carbocycles. The van der Waals surface area contributed by atoms with Crippen molar-refractivity contribution < 1.29 is 9.47 Å². The van der Waals surface area contributed by atoms with Crippen LogP contribution in [0.25, 0.3) is 0 Å². The van der Waals surface area contributed by atoms with E-state index < -0.39 is 0 Å². The summed E-state index contributed by atoms with van der Waals surface area (Å²) in [6.07, 6.45) is 1.76. The highest BCUT2D eigenvalue weighted by molar-refractivity contribution is 5.32. The van der Waals surface area contributed by atoms with E-state index in [1.54, 1.807) is 13.3 Å². The Morgan fingerprint density at radius 2 is 2.21 bits per heavy atom. The summed E-state index contributed by atoms with van der Waals surface area (Å²) in [5.41, 5.74) is 0. The van der Waals surface area contributed by atoms with Crippen LogP contribution >= 0.6 is 0 Å². The van der Waals surface area contributed by atoms with Crippen LogP contribution in [0.3, 0.4) is 0 Å². The van der Waals surface area contributed by atoms with Crippen molar-refractivity contribution in [1.82, 2.24) is 4.98 Å². The SMILES string of the molecule is COCCOCCNc1ccccn1. The van der Waals surface area contributed by atoms with E-state index in [4.69, 9.17) is 9.47 Å². The van der Waals surface area contributed by atoms with Crippen molar-refractivity contribution in [2.24, 2.45) is 0 Å². The molecule has 4 heteroatoms. The average Bonchev–Trinajstić information content (AvgIpc) is 2.25. The summed E-state index contributed by atoms with van der Waals surface area (Å²) in [7, 11) is 1.66. The van der Waals surface area contributed by atoms with Gasteiger partial charge in [-0.2, -0.15) is 0 Å². The zero-order valence-corrected chi connectivity index (χ0v) is 8.40. The minimum atomic E-state index is 0.639. The normalized spacial score (nSPS) is 10.1. The van der Waals surface area contributed by atoms with Crippen molar-refractivity contribution in [2.45, 2.75) is 0 Å². The van der Waals surface area contributed by atoms with E-state index in [0.29, 0.717) is 19.8 Å². The highest BCUT2D eigenvalue weighted by Crippen LogP contribution is 1.97. The third-order valence-corrected chi connectivity index (χ3v) is 1.65. The molecule has 4 nitrogen and oxygen atoms in total. The second kappa shape index (κ2) is 7.29. The van der Waals surface area contributed by atoms with Crippen LogP contribution < -0.4 is 5.32 Å². The van der Waals surface area contributed by atoms with Crippen molar-refractivity contribution in [3.8, 4) is 0 Å². The van der Waals surface area contributed by atoms with Gasteiger partial charge >= 0.3 is 0 Å². The minimum absolute atomic E-state index is 0.639. The molecule has 0 radical (unpaired) electrons. The molecule has 0 aliphatic rings. The van der Waals surface area contributed by atoms with Crippen molar-refractivity contribution >= 4 is 5.82 Å². The third-order valence-electron chi connectivity index (χ3n) is 1.65. The maximum Gasteiger partial charge on any atom is 0.125 e. The topological polar surface area (TPSA) is 43.4 Å². The number of aromatic nitrogens is 1. The summed E-state index contributed by atoms with van der Waals surface area (Å²) in [6, 6.07) is 5.76. The molecule has 78 valence electrons. The van der Waals surface area contributed by atoms with Gasteiger partial charge in [-0.3, -0.25) is 0 Å². The number of anilines is 1. The summed E-state index contributed by atoms with van der Waals surface area (Å²) in [5.74, 6) is 0.878. The third kappa shape index (κ3) is 4.79. The first-order chi connectivity index (χ1) is 6.93. The van der Waals surface area contributed by atoms with Crippen LogP contribution in [-0.4, -0.2) is 38.5 Å². The Bertz CT molecular complexity index is 229. The molecular formula is C10H16N2O2. The first kappa shape index (κ1) is 10.9. The number of ether oxygens (including phenoxy) is 2. The highest BCUT2D eigenvalue weighted by atomic mass is 16.5. The standard InChI is InChI=1S/C10H16N2O2/c1-13-8-9-14-7-6-12-10-4-2-3-5-11-10/h2-5H,6-9H2,1H3,(H,11,12). The Balaban J connectivity index is 1.99. The monoisotopic (exact) mass is 196 g/mol. The zero-order chi connectivity index (χ0) is 10.1. The van der Waals surface area contributed by atoms with Crippen LogP contribution in [-0.2, 0) is 9.47 Å². The summed E-state index contributed by atoms with van der Waals surface area (Å²) >= 11 is 0. The fraction of sp³-hybridized carbons (Fsp3) is 0.500. The van der Waals surface area contributed by atoms with E-state index in [0.717, 1.165) is 12.4 Å². The molecule has 0 unspecified atom stereocenters. The molecular weight excluding hydrogens is 180 g/mol.